The number of aryl methyl sites for hydroxylation is 1. The number of benzene rings is 1. The fraction of sp³-hybridized carbons (Fsp3) is 0.556. The Morgan fingerprint density at radius 2 is 2.26 bits per heavy atom. The molecule has 23 heavy (non-hydrogen) atoms. The smallest absolute Gasteiger partial charge is 0.317 e. The van der Waals surface area contributed by atoms with Crippen molar-refractivity contribution in [2.75, 3.05) is 26.2 Å². The van der Waals surface area contributed by atoms with Crippen LogP contribution in [0.5, 0.6) is 0 Å². The van der Waals surface area contributed by atoms with Gasteiger partial charge < -0.3 is 15.5 Å². The Kier molecular flexibility index (Phi) is 3.51. The second-order valence-corrected chi connectivity index (χ2v) is 7.03. The maximum atomic E-state index is 12.2. The van der Waals surface area contributed by atoms with Crippen LogP contribution in [0.4, 0.5) is 4.79 Å². The molecule has 2 atom stereocenters. The molecular weight excluding hydrogens is 290 g/mol. The highest BCUT2D eigenvalue weighted by Gasteiger charge is 2.56. The Hall–Kier alpha value is -2.04. The number of hydrogen-bond donors (Lipinski definition) is 2. The summed E-state index contributed by atoms with van der Waals surface area (Å²) >= 11 is 0. The van der Waals surface area contributed by atoms with E-state index in [4.69, 9.17) is 0 Å². The molecule has 1 heterocycles. The Labute approximate surface area is 136 Å². The van der Waals surface area contributed by atoms with Crippen LogP contribution in [0.2, 0.25) is 0 Å². The number of hydrogen-bond acceptors (Lipinski definition) is 2. The zero-order valence-corrected chi connectivity index (χ0v) is 13.3. The van der Waals surface area contributed by atoms with Gasteiger partial charge >= 0.3 is 6.03 Å². The van der Waals surface area contributed by atoms with E-state index in [9.17, 15) is 9.59 Å². The van der Waals surface area contributed by atoms with Crippen molar-refractivity contribution in [1.29, 1.82) is 0 Å². The minimum Gasteiger partial charge on any atom is -0.353 e. The first-order valence-corrected chi connectivity index (χ1v) is 8.57. The van der Waals surface area contributed by atoms with Gasteiger partial charge in [0.2, 0.25) is 5.91 Å². The average Bonchev–Trinajstić information content (AvgIpc) is 3.26. The van der Waals surface area contributed by atoms with Crippen molar-refractivity contribution in [3.63, 3.8) is 0 Å². The van der Waals surface area contributed by atoms with E-state index in [0.29, 0.717) is 31.0 Å². The summed E-state index contributed by atoms with van der Waals surface area (Å²) in [5.41, 5.74) is 3.28. The monoisotopic (exact) mass is 313 g/mol. The van der Waals surface area contributed by atoms with Crippen LogP contribution in [0, 0.1) is 5.92 Å². The minimum atomic E-state index is -0.106. The molecule has 5 nitrogen and oxygen atoms in total. The lowest BCUT2D eigenvalue weighted by atomic mass is 9.78. The third kappa shape index (κ3) is 2.58. The van der Waals surface area contributed by atoms with Crippen molar-refractivity contribution >= 4 is 11.9 Å². The topological polar surface area (TPSA) is 61.4 Å². The number of amides is 3. The summed E-state index contributed by atoms with van der Waals surface area (Å²) in [7, 11) is 0. The van der Waals surface area contributed by atoms with Crippen LogP contribution in [0.25, 0.3) is 0 Å². The number of rotatable bonds is 2. The standard InChI is InChI=1S/C18H23N3O2/c22-16-12-21(9-8-19-16)17(23)20-11-14-10-18(14)7-3-5-13-4-1-2-6-15(13)18/h1-2,4,6,14H,3,5,7-12H2,(H,19,22)(H,20,23)/t14-,18+/m1/s1. The van der Waals surface area contributed by atoms with Crippen LogP contribution < -0.4 is 10.6 Å². The molecule has 0 aromatic heterocycles. The van der Waals surface area contributed by atoms with E-state index in [1.54, 1.807) is 4.90 Å². The third-order valence-electron chi connectivity index (χ3n) is 5.68. The molecule has 3 aliphatic rings. The summed E-state index contributed by atoms with van der Waals surface area (Å²) in [6.45, 7) is 2.03. The van der Waals surface area contributed by atoms with Gasteiger partial charge in [-0.3, -0.25) is 4.79 Å². The molecule has 1 saturated heterocycles. The molecular formula is C18H23N3O2. The molecule has 1 aromatic rings. The van der Waals surface area contributed by atoms with Crippen molar-refractivity contribution in [3.8, 4) is 0 Å². The van der Waals surface area contributed by atoms with Gasteiger partial charge in [0.05, 0.1) is 0 Å². The summed E-state index contributed by atoms with van der Waals surface area (Å²) < 4.78 is 0. The van der Waals surface area contributed by atoms with E-state index >= 15 is 0 Å². The molecule has 2 aliphatic carbocycles. The fourth-order valence-electron chi connectivity index (χ4n) is 4.37. The molecule has 4 rings (SSSR count). The third-order valence-corrected chi connectivity index (χ3v) is 5.68. The molecule has 1 saturated carbocycles. The molecule has 0 radical (unpaired) electrons. The lowest BCUT2D eigenvalue weighted by Gasteiger charge is -2.28. The van der Waals surface area contributed by atoms with Gasteiger partial charge in [-0.1, -0.05) is 24.3 Å². The van der Waals surface area contributed by atoms with Gasteiger partial charge in [-0.05, 0) is 42.7 Å². The van der Waals surface area contributed by atoms with Gasteiger partial charge in [0.15, 0.2) is 0 Å². The van der Waals surface area contributed by atoms with Gasteiger partial charge in [-0.2, -0.15) is 0 Å². The molecule has 2 fully saturated rings. The summed E-state index contributed by atoms with van der Waals surface area (Å²) in [6, 6.07) is 8.66. The van der Waals surface area contributed by atoms with Crippen molar-refractivity contribution in [2.45, 2.75) is 31.1 Å². The number of nitrogens with zero attached hydrogens (tertiary/aromatic N) is 1. The van der Waals surface area contributed by atoms with Crippen LogP contribution in [0.3, 0.4) is 0 Å². The summed E-state index contributed by atoms with van der Waals surface area (Å²) in [4.78, 5) is 25.2. The predicted octanol–water partition coefficient (Wildman–Crippen LogP) is 1.42. The minimum absolute atomic E-state index is 0.0736. The molecule has 2 N–H and O–H groups in total. The Balaban J connectivity index is 1.37. The molecule has 1 aromatic carbocycles. The van der Waals surface area contributed by atoms with E-state index in [0.717, 1.165) is 0 Å². The Morgan fingerprint density at radius 1 is 1.39 bits per heavy atom. The Bertz CT molecular complexity index is 645. The highest BCUT2D eigenvalue weighted by molar-refractivity contribution is 5.85. The van der Waals surface area contributed by atoms with Crippen molar-refractivity contribution in [1.82, 2.24) is 15.5 Å². The predicted molar refractivity (Wildman–Crippen MR) is 87.1 cm³/mol. The van der Waals surface area contributed by atoms with Gasteiger partial charge in [-0.15, -0.1) is 0 Å². The maximum absolute atomic E-state index is 12.2. The van der Waals surface area contributed by atoms with Crippen molar-refractivity contribution in [2.24, 2.45) is 5.92 Å². The SMILES string of the molecule is O=C1CN(C(=O)NC[C@H]2C[C@@]23CCCc2ccccc23)CCN1. The molecule has 3 amide bonds. The van der Waals surface area contributed by atoms with Crippen LogP contribution >= 0.6 is 0 Å². The second-order valence-electron chi connectivity index (χ2n) is 7.03. The zero-order valence-electron chi connectivity index (χ0n) is 13.3. The molecule has 1 spiro atoms. The first-order chi connectivity index (χ1) is 11.2. The lowest BCUT2D eigenvalue weighted by molar-refractivity contribution is -0.123. The lowest BCUT2D eigenvalue weighted by Crippen LogP contribution is -2.53. The van der Waals surface area contributed by atoms with Gasteiger partial charge in [-0.25, -0.2) is 4.79 Å². The molecule has 5 heteroatoms. The molecule has 0 bridgehead atoms. The number of piperazine rings is 1. The highest BCUT2D eigenvalue weighted by Crippen LogP contribution is 2.59. The number of carbonyl (C=O) groups is 2. The van der Waals surface area contributed by atoms with Crippen molar-refractivity contribution < 1.29 is 9.59 Å². The Morgan fingerprint density at radius 3 is 3.13 bits per heavy atom. The maximum Gasteiger partial charge on any atom is 0.317 e. The van der Waals surface area contributed by atoms with E-state index in [1.807, 2.05) is 0 Å². The van der Waals surface area contributed by atoms with Crippen molar-refractivity contribution in [3.05, 3.63) is 35.4 Å². The number of nitrogens with one attached hydrogen (secondary N) is 2. The van der Waals surface area contributed by atoms with Gasteiger partial charge in [0.1, 0.15) is 6.54 Å². The molecule has 0 unspecified atom stereocenters. The second kappa shape index (κ2) is 5.55. The summed E-state index contributed by atoms with van der Waals surface area (Å²) in [5.74, 6) is 0.460. The first-order valence-electron chi connectivity index (χ1n) is 8.57. The average molecular weight is 313 g/mol. The number of fused-ring (bicyclic) bond motifs is 2. The van der Waals surface area contributed by atoms with E-state index in [1.165, 1.54) is 36.8 Å². The molecule has 1 aliphatic heterocycles. The van der Waals surface area contributed by atoms with Crippen LogP contribution in [-0.4, -0.2) is 43.0 Å². The van der Waals surface area contributed by atoms with Gasteiger partial charge in [0.25, 0.3) is 0 Å². The van der Waals surface area contributed by atoms with Crippen LogP contribution in [-0.2, 0) is 16.6 Å². The van der Waals surface area contributed by atoms with Crippen LogP contribution in [0.15, 0.2) is 24.3 Å². The quantitative estimate of drug-likeness (QED) is 0.867. The van der Waals surface area contributed by atoms with Gasteiger partial charge in [0, 0.05) is 25.0 Å². The zero-order chi connectivity index (χ0) is 15.9. The summed E-state index contributed by atoms with van der Waals surface area (Å²) in [6.07, 6.45) is 4.83. The largest absolute Gasteiger partial charge is 0.353 e. The van der Waals surface area contributed by atoms with Crippen LogP contribution in [0.1, 0.15) is 30.4 Å². The van der Waals surface area contributed by atoms with E-state index in [2.05, 4.69) is 34.9 Å². The fourth-order valence-corrected chi connectivity index (χ4v) is 4.37. The summed E-state index contributed by atoms with van der Waals surface area (Å²) in [5, 5.41) is 5.79. The number of carbonyl (C=O) groups excluding carboxylic acids is 2. The van der Waals surface area contributed by atoms with E-state index in [-0.39, 0.29) is 18.5 Å². The highest BCUT2D eigenvalue weighted by atomic mass is 16.2. The normalized spacial score (nSPS) is 29.0. The van der Waals surface area contributed by atoms with E-state index < -0.39 is 0 Å². The first kappa shape index (κ1) is 14.5. The number of urea groups is 1. The molecule has 122 valence electrons.